The Hall–Kier alpha value is -3.49. The number of carbonyl (C=O) groups excluding carboxylic acids is 4. The average Bonchev–Trinajstić information content (AvgIpc) is 3.08. The van der Waals surface area contributed by atoms with Gasteiger partial charge in [0.1, 0.15) is 17.9 Å². The van der Waals surface area contributed by atoms with E-state index >= 15 is 0 Å². The number of ether oxygens (including phenoxy) is 1. The fourth-order valence-electron chi connectivity index (χ4n) is 3.46. The van der Waals surface area contributed by atoms with E-state index in [0.29, 0.717) is 17.8 Å². The molecule has 3 rings (SSSR count). The summed E-state index contributed by atoms with van der Waals surface area (Å²) in [5, 5.41) is 2.47. The van der Waals surface area contributed by atoms with E-state index in [9.17, 15) is 23.6 Å². The van der Waals surface area contributed by atoms with Crippen LogP contribution in [0.25, 0.3) is 0 Å². The number of aromatic nitrogens is 1. The van der Waals surface area contributed by atoms with E-state index < -0.39 is 42.4 Å². The minimum absolute atomic E-state index is 0.320. The molecule has 8 nitrogen and oxygen atoms in total. The first-order valence-corrected chi connectivity index (χ1v) is 9.73. The third-order valence-electron chi connectivity index (χ3n) is 5.22. The largest absolute Gasteiger partial charge is 0.456 e. The van der Waals surface area contributed by atoms with Crippen LogP contribution in [0.1, 0.15) is 41.2 Å². The molecular weight excluding hydrogens is 405 g/mol. The number of imide groups is 1. The maximum atomic E-state index is 13.1. The maximum Gasteiger partial charge on any atom is 0.326 e. The highest BCUT2D eigenvalue weighted by Crippen LogP contribution is 2.19. The Kier molecular flexibility index (Phi) is 5.97. The van der Waals surface area contributed by atoms with Crippen LogP contribution in [0.15, 0.2) is 30.3 Å². The molecule has 0 radical (unpaired) electrons. The predicted octanol–water partition coefficient (Wildman–Crippen LogP) is 2.35. The molecule has 0 spiro atoms. The molecule has 1 aromatic carbocycles. The number of aryl methyl sites for hydroxylation is 1. The van der Waals surface area contributed by atoms with Gasteiger partial charge in [0, 0.05) is 23.5 Å². The van der Waals surface area contributed by atoms with Crippen LogP contribution in [-0.4, -0.2) is 51.8 Å². The number of urea groups is 1. The Morgan fingerprint density at radius 3 is 2.35 bits per heavy atom. The lowest BCUT2D eigenvalue weighted by molar-refractivity contribution is -0.146. The highest BCUT2D eigenvalue weighted by atomic mass is 19.1. The molecule has 0 atom stereocenters. The lowest BCUT2D eigenvalue weighted by Crippen LogP contribution is -2.41. The summed E-state index contributed by atoms with van der Waals surface area (Å²) in [7, 11) is 0. The average molecular weight is 429 g/mol. The first-order chi connectivity index (χ1) is 14.5. The first-order valence-electron chi connectivity index (χ1n) is 9.73. The van der Waals surface area contributed by atoms with Crippen LogP contribution < -0.4 is 5.32 Å². The second kappa shape index (κ2) is 8.33. The van der Waals surface area contributed by atoms with E-state index in [2.05, 4.69) is 5.32 Å². The molecule has 1 aliphatic heterocycles. The van der Waals surface area contributed by atoms with Crippen LogP contribution >= 0.6 is 0 Å². The zero-order chi connectivity index (χ0) is 22.9. The Morgan fingerprint density at radius 2 is 1.77 bits per heavy atom. The minimum Gasteiger partial charge on any atom is -0.456 e. The zero-order valence-corrected chi connectivity index (χ0v) is 17.8. The lowest BCUT2D eigenvalue weighted by atomic mass is 10.1. The van der Waals surface area contributed by atoms with Gasteiger partial charge < -0.3 is 14.6 Å². The van der Waals surface area contributed by atoms with Crippen LogP contribution in [0.5, 0.6) is 0 Å². The van der Waals surface area contributed by atoms with Crippen molar-refractivity contribution < 1.29 is 28.3 Å². The zero-order valence-electron chi connectivity index (χ0n) is 17.8. The highest BCUT2D eigenvalue weighted by molar-refractivity contribution is 6.08. The highest BCUT2D eigenvalue weighted by Gasteiger charge is 2.45. The van der Waals surface area contributed by atoms with Gasteiger partial charge in [-0.2, -0.15) is 0 Å². The van der Waals surface area contributed by atoms with Gasteiger partial charge in [-0.15, -0.1) is 0 Å². The van der Waals surface area contributed by atoms with Gasteiger partial charge in [0.05, 0.1) is 0 Å². The molecule has 3 amide bonds. The number of hydrogen-bond acceptors (Lipinski definition) is 5. The van der Waals surface area contributed by atoms with Crippen molar-refractivity contribution in [1.29, 1.82) is 0 Å². The Morgan fingerprint density at radius 1 is 1.13 bits per heavy atom. The first kappa shape index (κ1) is 22.2. The second-order valence-electron chi connectivity index (χ2n) is 8.03. The summed E-state index contributed by atoms with van der Waals surface area (Å²) in [6.07, 6.45) is 0. The van der Waals surface area contributed by atoms with Crippen molar-refractivity contribution in [2.75, 3.05) is 13.2 Å². The number of benzene rings is 1. The molecule has 1 fully saturated rings. The summed E-state index contributed by atoms with van der Waals surface area (Å²) in [4.78, 5) is 49.4. The standard InChI is InChI=1S/C22H24FN3O5/c1-13-9-17(14(2)25(13)10-15-5-7-16(23)8-6-15)18(27)12-31-19(28)11-26-20(29)22(3,4)24-21(26)30/h5-9H,10-12H2,1-4H3,(H,24,30). The van der Waals surface area contributed by atoms with Crippen molar-refractivity contribution in [3.05, 3.63) is 58.7 Å². The molecule has 164 valence electrons. The number of nitrogens with one attached hydrogen (secondary N) is 1. The molecule has 0 saturated carbocycles. The fourth-order valence-corrected chi connectivity index (χ4v) is 3.46. The van der Waals surface area contributed by atoms with E-state index in [1.165, 1.54) is 26.0 Å². The number of carbonyl (C=O) groups is 4. The SMILES string of the molecule is Cc1cc(C(=O)COC(=O)CN2C(=O)NC(C)(C)C2=O)c(C)n1Cc1ccc(F)cc1. The van der Waals surface area contributed by atoms with Gasteiger partial charge in [0.2, 0.25) is 5.78 Å². The van der Waals surface area contributed by atoms with Gasteiger partial charge in [-0.3, -0.25) is 19.3 Å². The van der Waals surface area contributed by atoms with Gasteiger partial charge in [0.25, 0.3) is 5.91 Å². The van der Waals surface area contributed by atoms with Crippen molar-refractivity contribution in [1.82, 2.24) is 14.8 Å². The van der Waals surface area contributed by atoms with E-state index in [4.69, 9.17) is 4.74 Å². The number of Topliss-reactive ketones (excluding diaryl/α,β-unsaturated/α-hetero) is 1. The molecule has 2 aromatic rings. The van der Waals surface area contributed by atoms with Crippen molar-refractivity contribution >= 4 is 23.7 Å². The third kappa shape index (κ3) is 4.65. The predicted molar refractivity (Wildman–Crippen MR) is 109 cm³/mol. The van der Waals surface area contributed by atoms with E-state index in [1.54, 1.807) is 25.1 Å². The molecule has 0 aliphatic carbocycles. The van der Waals surface area contributed by atoms with E-state index in [1.807, 2.05) is 11.5 Å². The maximum absolute atomic E-state index is 13.1. The quantitative estimate of drug-likeness (QED) is 0.414. The van der Waals surface area contributed by atoms with Crippen LogP contribution in [0.4, 0.5) is 9.18 Å². The third-order valence-corrected chi connectivity index (χ3v) is 5.22. The topological polar surface area (TPSA) is 97.7 Å². The number of hydrogen-bond donors (Lipinski definition) is 1. The van der Waals surface area contributed by atoms with Gasteiger partial charge in [-0.1, -0.05) is 12.1 Å². The number of halogens is 1. The van der Waals surface area contributed by atoms with Crippen molar-refractivity contribution in [3.8, 4) is 0 Å². The van der Waals surface area contributed by atoms with Crippen LogP contribution in [0.3, 0.4) is 0 Å². The van der Waals surface area contributed by atoms with E-state index in [-0.39, 0.29) is 5.82 Å². The number of rotatable bonds is 7. The number of amides is 3. The summed E-state index contributed by atoms with van der Waals surface area (Å²) in [5.74, 6) is -2.11. The Labute approximate surface area is 179 Å². The van der Waals surface area contributed by atoms with Gasteiger partial charge >= 0.3 is 12.0 Å². The van der Waals surface area contributed by atoms with Gasteiger partial charge in [-0.05, 0) is 51.5 Å². The molecule has 1 N–H and O–H groups in total. The molecule has 0 bridgehead atoms. The van der Waals surface area contributed by atoms with Crippen LogP contribution in [-0.2, 0) is 20.9 Å². The lowest BCUT2D eigenvalue weighted by Gasteiger charge is -2.15. The second-order valence-corrected chi connectivity index (χ2v) is 8.03. The monoisotopic (exact) mass is 429 g/mol. The molecule has 1 saturated heterocycles. The molecule has 0 unspecified atom stereocenters. The van der Waals surface area contributed by atoms with Crippen molar-refractivity contribution in [2.24, 2.45) is 0 Å². The minimum atomic E-state index is -1.09. The van der Waals surface area contributed by atoms with E-state index in [0.717, 1.165) is 16.2 Å². The normalized spacial score (nSPS) is 15.2. The van der Waals surface area contributed by atoms with Crippen LogP contribution in [0.2, 0.25) is 0 Å². The molecular formula is C22H24FN3O5. The number of nitrogens with zero attached hydrogens (tertiary/aromatic N) is 2. The number of ketones is 1. The fraction of sp³-hybridized carbons (Fsp3) is 0.364. The van der Waals surface area contributed by atoms with Gasteiger partial charge in [-0.25, -0.2) is 9.18 Å². The number of esters is 1. The summed E-state index contributed by atoms with van der Waals surface area (Å²) < 4.78 is 20.0. The summed E-state index contributed by atoms with van der Waals surface area (Å²) in [6, 6.07) is 7.13. The summed E-state index contributed by atoms with van der Waals surface area (Å²) >= 11 is 0. The Balaban J connectivity index is 1.62. The smallest absolute Gasteiger partial charge is 0.326 e. The van der Waals surface area contributed by atoms with Crippen molar-refractivity contribution in [3.63, 3.8) is 0 Å². The Bertz CT molecular complexity index is 1060. The van der Waals surface area contributed by atoms with Crippen molar-refractivity contribution in [2.45, 2.75) is 39.8 Å². The summed E-state index contributed by atoms with van der Waals surface area (Å²) in [6.45, 7) is 6.08. The molecule has 31 heavy (non-hydrogen) atoms. The van der Waals surface area contributed by atoms with Gasteiger partial charge in [0.15, 0.2) is 6.61 Å². The molecule has 2 heterocycles. The molecule has 9 heteroatoms. The molecule has 1 aliphatic rings. The summed E-state index contributed by atoms with van der Waals surface area (Å²) in [5.41, 5.74) is 1.72. The molecule has 1 aromatic heterocycles. The van der Waals surface area contributed by atoms with Crippen LogP contribution in [0, 0.1) is 19.7 Å².